The molecule has 8 heteroatoms. The zero-order chi connectivity index (χ0) is 19.7. The lowest BCUT2D eigenvalue weighted by atomic mass is 10.2. The minimum atomic E-state index is -3.24. The molecule has 0 saturated carbocycles. The fraction of sp³-hybridized carbons (Fsp3) is 0.474. The number of hydrogen-bond donors (Lipinski definition) is 2. The maximum Gasteiger partial charge on any atom is 0.191 e. The van der Waals surface area contributed by atoms with E-state index in [1.807, 2.05) is 13.0 Å². The van der Waals surface area contributed by atoms with E-state index in [1.165, 1.54) is 0 Å². The van der Waals surface area contributed by atoms with Gasteiger partial charge in [0.25, 0.3) is 0 Å². The quantitative estimate of drug-likeness (QED) is 0.378. The average molecular weight is 409 g/mol. The molecule has 0 saturated heterocycles. The van der Waals surface area contributed by atoms with Gasteiger partial charge >= 0.3 is 0 Å². The molecule has 0 amide bonds. The summed E-state index contributed by atoms with van der Waals surface area (Å²) in [6.07, 6.45) is 0.510. The van der Waals surface area contributed by atoms with Gasteiger partial charge in [-0.3, -0.25) is 0 Å². The van der Waals surface area contributed by atoms with Crippen LogP contribution >= 0.6 is 11.3 Å². The molecule has 0 aliphatic heterocycles. The Balaban J connectivity index is 1.85. The van der Waals surface area contributed by atoms with Gasteiger partial charge in [-0.2, -0.15) is 0 Å². The van der Waals surface area contributed by atoms with Crippen molar-refractivity contribution in [2.75, 3.05) is 18.8 Å². The molecular weight excluding hydrogens is 380 g/mol. The Labute approximate surface area is 166 Å². The average Bonchev–Trinajstić information content (AvgIpc) is 3.13. The maximum absolute atomic E-state index is 12.3. The number of thiazole rings is 1. The highest BCUT2D eigenvalue weighted by Crippen LogP contribution is 2.18. The molecule has 148 valence electrons. The lowest BCUT2D eigenvalue weighted by Crippen LogP contribution is -2.38. The molecule has 2 aromatic rings. The third kappa shape index (κ3) is 6.95. The number of hydrogen-bond acceptors (Lipinski definition) is 5. The van der Waals surface area contributed by atoms with E-state index in [-0.39, 0.29) is 5.75 Å². The Morgan fingerprint density at radius 3 is 2.59 bits per heavy atom. The summed E-state index contributed by atoms with van der Waals surface area (Å²) in [7, 11) is -3.24. The van der Waals surface area contributed by atoms with Crippen LogP contribution in [0, 0.1) is 0 Å². The van der Waals surface area contributed by atoms with E-state index in [1.54, 1.807) is 35.6 Å². The summed E-state index contributed by atoms with van der Waals surface area (Å²) in [6.45, 7) is 8.02. The Bertz CT molecular complexity index is 830. The first kappa shape index (κ1) is 21.4. The van der Waals surface area contributed by atoms with Gasteiger partial charge in [0, 0.05) is 18.5 Å². The van der Waals surface area contributed by atoms with Gasteiger partial charge in [-0.05, 0) is 31.4 Å². The van der Waals surface area contributed by atoms with E-state index < -0.39 is 9.84 Å². The first-order valence-electron chi connectivity index (χ1n) is 9.16. The fourth-order valence-corrected chi connectivity index (χ4v) is 4.58. The predicted molar refractivity (Wildman–Crippen MR) is 112 cm³/mol. The SMILES string of the molecule is CCNC(=NCc1nc(C(C)C)cs1)NCCCS(=O)(=O)c1ccccc1. The summed E-state index contributed by atoms with van der Waals surface area (Å²) in [5, 5.41) is 9.42. The van der Waals surface area contributed by atoms with Crippen LogP contribution in [0.1, 0.15) is 43.8 Å². The van der Waals surface area contributed by atoms with Crippen LogP contribution in [0.2, 0.25) is 0 Å². The molecule has 0 aliphatic carbocycles. The van der Waals surface area contributed by atoms with Crippen LogP contribution in [0.4, 0.5) is 0 Å². The number of guanidine groups is 1. The molecule has 0 atom stereocenters. The highest BCUT2D eigenvalue weighted by molar-refractivity contribution is 7.91. The standard InChI is InChI=1S/C19H28N4O2S2/c1-4-20-19(22-13-18-23-17(14-26-18)15(2)3)21-11-8-12-27(24,25)16-9-6-5-7-10-16/h5-7,9-10,14-15H,4,8,11-13H2,1-3H3,(H2,20,21,22). The van der Waals surface area contributed by atoms with E-state index in [0.717, 1.165) is 17.2 Å². The fourth-order valence-electron chi connectivity index (χ4n) is 2.37. The van der Waals surface area contributed by atoms with Gasteiger partial charge in [0.1, 0.15) is 5.01 Å². The second-order valence-corrected chi connectivity index (χ2v) is 9.48. The number of nitrogens with one attached hydrogen (secondary N) is 2. The first-order valence-corrected chi connectivity index (χ1v) is 11.7. The smallest absolute Gasteiger partial charge is 0.191 e. The highest BCUT2D eigenvalue weighted by Gasteiger charge is 2.13. The van der Waals surface area contributed by atoms with E-state index in [0.29, 0.717) is 36.3 Å². The number of sulfone groups is 1. The van der Waals surface area contributed by atoms with Crippen molar-refractivity contribution in [3.63, 3.8) is 0 Å². The monoisotopic (exact) mass is 408 g/mol. The molecular formula is C19H28N4O2S2. The Morgan fingerprint density at radius 1 is 1.22 bits per heavy atom. The zero-order valence-corrected chi connectivity index (χ0v) is 17.7. The summed E-state index contributed by atoms with van der Waals surface area (Å²) >= 11 is 1.61. The van der Waals surface area contributed by atoms with Gasteiger partial charge in [0.2, 0.25) is 0 Å². The van der Waals surface area contributed by atoms with Crippen LogP contribution in [0.25, 0.3) is 0 Å². The van der Waals surface area contributed by atoms with E-state index in [4.69, 9.17) is 0 Å². The molecule has 2 N–H and O–H groups in total. The molecule has 1 heterocycles. The van der Waals surface area contributed by atoms with E-state index in [9.17, 15) is 8.42 Å². The number of rotatable bonds is 9. The highest BCUT2D eigenvalue weighted by atomic mass is 32.2. The van der Waals surface area contributed by atoms with E-state index in [2.05, 4.69) is 39.8 Å². The minimum absolute atomic E-state index is 0.105. The summed E-state index contributed by atoms with van der Waals surface area (Å²) in [5.41, 5.74) is 1.09. The summed E-state index contributed by atoms with van der Waals surface area (Å²) < 4.78 is 24.6. The van der Waals surface area contributed by atoms with Crippen molar-refractivity contribution in [3.05, 3.63) is 46.4 Å². The van der Waals surface area contributed by atoms with E-state index >= 15 is 0 Å². The second kappa shape index (κ2) is 10.4. The zero-order valence-electron chi connectivity index (χ0n) is 16.1. The molecule has 0 unspecified atom stereocenters. The molecule has 0 radical (unpaired) electrons. The minimum Gasteiger partial charge on any atom is -0.357 e. The molecule has 6 nitrogen and oxygen atoms in total. The van der Waals surface area contributed by atoms with Crippen LogP contribution in [0.5, 0.6) is 0 Å². The number of benzene rings is 1. The number of nitrogens with zero attached hydrogens (tertiary/aromatic N) is 2. The van der Waals surface area contributed by atoms with Crippen LogP contribution in [-0.4, -0.2) is 38.2 Å². The Kier molecular flexibility index (Phi) is 8.24. The van der Waals surface area contributed by atoms with Gasteiger partial charge in [0.05, 0.1) is 22.9 Å². The van der Waals surface area contributed by atoms with Crippen molar-refractivity contribution >= 4 is 27.1 Å². The van der Waals surface area contributed by atoms with Crippen molar-refractivity contribution in [3.8, 4) is 0 Å². The normalized spacial score (nSPS) is 12.4. The molecule has 1 aromatic carbocycles. The lowest BCUT2D eigenvalue weighted by Gasteiger charge is -2.11. The van der Waals surface area contributed by atoms with Crippen LogP contribution < -0.4 is 10.6 Å². The third-order valence-corrected chi connectivity index (χ3v) is 6.53. The Hall–Kier alpha value is -1.93. The molecule has 2 rings (SSSR count). The van der Waals surface area contributed by atoms with Gasteiger partial charge in [-0.15, -0.1) is 11.3 Å². The molecule has 0 spiro atoms. The predicted octanol–water partition coefficient (Wildman–Crippen LogP) is 3.19. The largest absolute Gasteiger partial charge is 0.357 e. The lowest BCUT2D eigenvalue weighted by molar-refractivity contribution is 0.592. The van der Waals surface area contributed by atoms with Crippen LogP contribution in [0.3, 0.4) is 0 Å². The van der Waals surface area contributed by atoms with Crippen molar-refractivity contribution in [1.29, 1.82) is 0 Å². The topological polar surface area (TPSA) is 83.4 Å². The third-order valence-electron chi connectivity index (χ3n) is 3.86. The molecule has 0 fully saturated rings. The second-order valence-electron chi connectivity index (χ2n) is 6.43. The molecule has 0 aliphatic rings. The molecule has 0 bridgehead atoms. The van der Waals surface area contributed by atoms with Crippen molar-refractivity contribution in [2.24, 2.45) is 4.99 Å². The van der Waals surface area contributed by atoms with Gasteiger partial charge in [0.15, 0.2) is 15.8 Å². The summed E-state index contributed by atoms with van der Waals surface area (Å²) in [4.78, 5) is 9.49. The van der Waals surface area contributed by atoms with Crippen molar-refractivity contribution in [1.82, 2.24) is 15.6 Å². The van der Waals surface area contributed by atoms with Crippen LogP contribution in [-0.2, 0) is 16.4 Å². The first-order chi connectivity index (χ1) is 12.9. The summed E-state index contributed by atoms with van der Waals surface area (Å²) in [6, 6.07) is 8.56. The maximum atomic E-state index is 12.3. The molecule has 27 heavy (non-hydrogen) atoms. The number of aromatic nitrogens is 1. The Morgan fingerprint density at radius 2 is 1.96 bits per heavy atom. The van der Waals surface area contributed by atoms with Crippen molar-refractivity contribution < 1.29 is 8.42 Å². The van der Waals surface area contributed by atoms with Gasteiger partial charge in [-0.25, -0.2) is 18.4 Å². The summed E-state index contributed by atoms with van der Waals surface area (Å²) in [5.74, 6) is 1.20. The van der Waals surface area contributed by atoms with Crippen LogP contribution in [0.15, 0.2) is 45.6 Å². The number of aliphatic imine (C=N–C) groups is 1. The van der Waals surface area contributed by atoms with Gasteiger partial charge in [-0.1, -0.05) is 32.0 Å². The van der Waals surface area contributed by atoms with Gasteiger partial charge < -0.3 is 10.6 Å². The molecule has 1 aromatic heterocycles. The van der Waals surface area contributed by atoms with Crippen molar-refractivity contribution in [2.45, 2.75) is 44.6 Å².